The Bertz CT molecular complexity index is 496. The van der Waals surface area contributed by atoms with Gasteiger partial charge in [0.15, 0.2) is 5.11 Å². The lowest BCUT2D eigenvalue weighted by Gasteiger charge is -2.39. The highest BCUT2D eigenvalue weighted by molar-refractivity contribution is 7.80. The molecule has 2 fully saturated rings. The zero-order chi connectivity index (χ0) is 16.1. The minimum absolute atomic E-state index is 0.502. The number of piperidine rings is 1. The van der Waals surface area contributed by atoms with Gasteiger partial charge < -0.3 is 15.4 Å². The highest BCUT2D eigenvalue weighted by atomic mass is 32.1. The van der Waals surface area contributed by atoms with Crippen LogP contribution in [0.3, 0.4) is 0 Å². The van der Waals surface area contributed by atoms with Crippen molar-refractivity contribution in [2.45, 2.75) is 50.4 Å². The molecule has 4 nitrogen and oxygen atoms in total. The Hall–Kier alpha value is -1.17. The molecule has 0 aliphatic carbocycles. The molecule has 0 saturated carbocycles. The van der Waals surface area contributed by atoms with Crippen LogP contribution in [-0.2, 0) is 11.3 Å². The van der Waals surface area contributed by atoms with Gasteiger partial charge in [-0.2, -0.15) is 0 Å². The molecule has 1 aromatic rings. The number of benzene rings is 1. The molecule has 0 amide bonds. The van der Waals surface area contributed by atoms with Crippen molar-refractivity contribution in [3.05, 3.63) is 35.9 Å². The Morgan fingerprint density at radius 1 is 1.22 bits per heavy atom. The molecule has 126 valence electrons. The number of fused-ring (bicyclic) bond motifs is 2. The standard InChI is InChI=1S/C18H27N3OS/c1-22-10-9-19-18(23)20-15-11-16-7-8-17(12-15)21(16)13-14-5-3-2-4-6-14/h2-6,15-17H,7-13H2,1H3,(H2,19,20,23)/t16-,17-/m1/s1. The van der Waals surface area contributed by atoms with Gasteiger partial charge in [-0.15, -0.1) is 0 Å². The number of nitrogens with zero attached hydrogens (tertiary/aromatic N) is 1. The molecule has 5 heteroatoms. The van der Waals surface area contributed by atoms with Gasteiger partial charge in [-0.3, -0.25) is 4.90 Å². The molecule has 2 saturated heterocycles. The van der Waals surface area contributed by atoms with Crippen LogP contribution in [-0.4, -0.2) is 48.4 Å². The van der Waals surface area contributed by atoms with E-state index in [1.807, 2.05) is 0 Å². The number of hydrogen-bond donors (Lipinski definition) is 2. The van der Waals surface area contributed by atoms with Crippen molar-refractivity contribution in [2.24, 2.45) is 0 Å². The SMILES string of the molecule is COCCNC(=S)NC1C[C@H]2CC[C@H](C1)N2Cc1ccccc1. The van der Waals surface area contributed by atoms with Crippen LogP contribution in [0.4, 0.5) is 0 Å². The first-order valence-electron chi connectivity index (χ1n) is 8.59. The zero-order valence-electron chi connectivity index (χ0n) is 13.8. The average molecular weight is 334 g/mol. The number of nitrogens with one attached hydrogen (secondary N) is 2. The summed E-state index contributed by atoms with van der Waals surface area (Å²) < 4.78 is 5.04. The lowest BCUT2D eigenvalue weighted by atomic mass is 9.96. The molecule has 0 radical (unpaired) electrons. The highest BCUT2D eigenvalue weighted by Gasteiger charge is 2.40. The molecule has 2 N–H and O–H groups in total. The summed E-state index contributed by atoms with van der Waals surface area (Å²) in [6.45, 7) is 2.53. The Morgan fingerprint density at radius 3 is 2.57 bits per heavy atom. The van der Waals surface area contributed by atoms with Crippen LogP contribution in [0.2, 0.25) is 0 Å². The van der Waals surface area contributed by atoms with Crippen molar-refractivity contribution < 1.29 is 4.74 Å². The van der Waals surface area contributed by atoms with Gasteiger partial charge in [0.25, 0.3) is 0 Å². The Morgan fingerprint density at radius 2 is 1.91 bits per heavy atom. The summed E-state index contributed by atoms with van der Waals surface area (Å²) in [5.41, 5.74) is 1.42. The molecule has 0 aromatic heterocycles. The third-order valence-electron chi connectivity index (χ3n) is 5.02. The van der Waals surface area contributed by atoms with E-state index in [0.29, 0.717) is 24.7 Å². The van der Waals surface area contributed by atoms with Crippen LogP contribution in [0, 0.1) is 0 Å². The van der Waals surface area contributed by atoms with Gasteiger partial charge in [-0.05, 0) is 43.5 Å². The molecular weight excluding hydrogens is 306 g/mol. The van der Waals surface area contributed by atoms with Crippen LogP contribution in [0.25, 0.3) is 0 Å². The fourth-order valence-corrected chi connectivity index (χ4v) is 4.22. The van der Waals surface area contributed by atoms with E-state index < -0.39 is 0 Å². The van der Waals surface area contributed by atoms with E-state index >= 15 is 0 Å². The summed E-state index contributed by atoms with van der Waals surface area (Å²) in [4.78, 5) is 2.70. The molecule has 3 rings (SSSR count). The van der Waals surface area contributed by atoms with Crippen molar-refractivity contribution in [1.29, 1.82) is 0 Å². The predicted octanol–water partition coefficient (Wildman–Crippen LogP) is 2.29. The van der Waals surface area contributed by atoms with E-state index in [1.165, 1.54) is 31.2 Å². The fraction of sp³-hybridized carbons (Fsp3) is 0.611. The number of rotatable bonds is 6. The smallest absolute Gasteiger partial charge is 0.166 e. The van der Waals surface area contributed by atoms with Gasteiger partial charge in [0.05, 0.1) is 6.61 Å². The summed E-state index contributed by atoms with van der Waals surface area (Å²) in [7, 11) is 1.71. The van der Waals surface area contributed by atoms with E-state index in [1.54, 1.807) is 7.11 Å². The van der Waals surface area contributed by atoms with E-state index in [-0.39, 0.29) is 0 Å². The summed E-state index contributed by atoms with van der Waals surface area (Å²) >= 11 is 5.39. The van der Waals surface area contributed by atoms with Crippen molar-refractivity contribution in [1.82, 2.24) is 15.5 Å². The van der Waals surface area contributed by atoms with Gasteiger partial charge in [0.1, 0.15) is 0 Å². The Labute approximate surface area is 144 Å². The molecule has 0 unspecified atom stereocenters. The van der Waals surface area contributed by atoms with E-state index in [9.17, 15) is 0 Å². The third-order valence-corrected chi connectivity index (χ3v) is 5.28. The fourth-order valence-electron chi connectivity index (χ4n) is 3.95. The maximum absolute atomic E-state index is 5.39. The quantitative estimate of drug-likeness (QED) is 0.617. The average Bonchev–Trinajstić information content (AvgIpc) is 2.79. The van der Waals surface area contributed by atoms with E-state index in [0.717, 1.165) is 18.2 Å². The normalized spacial score (nSPS) is 26.9. The molecule has 2 heterocycles. The van der Waals surface area contributed by atoms with Crippen LogP contribution in [0.15, 0.2) is 30.3 Å². The number of hydrogen-bond acceptors (Lipinski definition) is 3. The van der Waals surface area contributed by atoms with Crippen LogP contribution >= 0.6 is 12.2 Å². The van der Waals surface area contributed by atoms with E-state index in [2.05, 4.69) is 45.9 Å². The van der Waals surface area contributed by atoms with Gasteiger partial charge in [-0.25, -0.2) is 0 Å². The molecule has 0 spiro atoms. The van der Waals surface area contributed by atoms with Crippen molar-refractivity contribution in [3.8, 4) is 0 Å². The molecule has 1 aromatic carbocycles. The second kappa shape index (κ2) is 8.08. The summed E-state index contributed by atoms with van der Waals surface area (Å²) in [5.74, 6) is 0. The predicted molar refractivity (Wildman–Crippen MR) is 97.4 cm³/mol. The largest absolute Gasteiger partial charge is 0.383 e. The summed E-state index contributed by atoms with van der Waals surface area (Å²) in [5, 5.41) is 7.48. The van der Waals surface area contributed by atoms with Crippen molar-refractivity contribution in [2.75, 3.05) is 20.3 Å². The molecule has 23 heavy (non-hydrogen) atoms. The Balaban J connectivity index is 1.50. The van der Waals surface area contributed by atoms with Crippen molar-refractivity contribution >= 4 is 17.3 Å². The van der Waals surface area contributed by atoms with E-state index in [4.69, 9.17) is 17.0 Å². The third kappa shape index (κ3) is 4.43. The maximum Gasteiger partial charge on any atom is 0.166 e. The second-order valence-corrected chi connectivity index (χ2v) is 7.01. The Kier molecular flexibility index (Phi) is 5.86. The first kappa shape index (κ1) is 16.7. The summed E-state index contributed by atoms with van der Waals surface area (Å²) in [6.07, 6.45) is 5.02. The van der Waals surface area contributed by atoms with Gasteiger partial charge >= 0.3 is 0 Å². The molecular formula is C18H27N3OS. The monoisotopic (exact) mass is 333 g/mol. The van der Waals surface area contributed by atoms with Crippen molar-refractivity contribution in [3.63, 3.8) is 0 Å². The minimum Gasteiger partial charge on any atom is -0.383 e. The van der Waals surface area contributed by atoms with Crippen LogP contribution in [0.1, 0.15) is 31.2 Å². The minimum atomic E-state index is 0.502. The first-order valence-corrected chi connectivity index (χ1v) is 9.00. The molecule has 2 aliphatic heterocycles. The maximum atomic E-state index is 5.39. The molecule has 2 aliphatic rings. The lowest BCUT2D eigenvalue weighted by Crippen LogP contribution is -2.52. The van der Waals surface area contributed by atoms with Gasteiger partial charge in [0, 0.05) is 38.3 Å². The number of thiocarbonyl (C=S) groups is 1. The number of ether oxygens (including phenoxy) is 1. The van der Waals surface area contributed by atoms with Crippen LogP contribution in [0.5, 0.6) is 0 Å². The topological polar surface area (TPSA) is 36.5 Å². The van der Waals surface area contributed by atoms with Gasteiger partial charge in [0.2, 0.25) is 0 Å². The summed E-state index contributed by atoms with van der Waals surface area (Å²) in [6, 6.07) is 12.7. The number of methoxy groups -OCH3 is 1. The molecule has 2 atom stereocenters. The lowest BCUT2D eigenvalue weighted by molar-refractivity contribution is 0.114. The highest BCUT2D eigenvalue weighted by Crippen LogP contribution is 2.36. The zero-order valence-corrected chi connectivity index (χ0v) is 14.6. The molecule has 2 bridgehead atoms. The van der Waals surface area contributed by atoms with Crippen LogP contribution < -0.4 is 10.6 Å². The van der Waals surface area contributed by atoms with Gasteiger partial charge in [-0.1, -0.05) is 30.3 Å². The first-order chi connectivity index (χ1) is 11.3. The second-order valence-electron chi connectivity index (χ2n) is 6.60.